The van der Waals surface area contributed by atoms with Crippen molar-refractivity contribution >= 4 is 0 Å². The van der Waals surface area contributed by atoms with Crippen molar-refractivity contribution in [1.29, 1.82) is 0 Å². The highest BCUT2D eigenvalue weighted by Gasteiger charge is 2.37. The van der Waals surface area contributed by atoms with Crippen LogP contribution in [0, 0.1) is 0 Å². The topological polar surface area (TPSA) is 68.0 Å². The SMILES string of the molecule is NOC1OC1O. The van der Waals surface area contributed by atoms with Gasteiger partial charge in [-0.3, -0.25) is 4.84 Å². The lowest BCUT2D eigenvalue weighted by atomic mass is 10.8. The van der Waals surface area contributed by atoms with Gasteiger partial charge >= 0.3 is 0 Å². The van der Waals surface area contributed by atoms with Gasteiger partial charge in [0.15, 0.2) is 0 Å². The number of aliphatic hydroxyl groups is 1. The van der Waals surface area contributed by atoms with E-state index in [1.807, 2.05) is 0 Å². The molecule has 2 unspecified atom stereocenters. The van der Waals surface area contributed by atoms with E-state index in [2.05, 4.69) is 15.5 Å². The van der Waals surface area contributed by atoms with Crippen molar-refractivity contribution in [2.24, 2.45) is 5.90 Å². The quantitative estimate of drug-likeness (QED) is 0.306. The Hall–Kier alpha value is -0.160. The largest absolute Gasteiger partial charge is 0.364 e. The molecule has 1 fully saturated rings. The molecule has 4 heteroatoms. The highest BCUT2D eigenvalue weighted by atomic mass is 16.9. The third-order valence-corrected chi connectivity index (χ3v) is 0.564. The van der Waals surface area contributed by atoms with E-state index >= 15 is 0 Å². The highest BCUT2D eigenvalue weighted by molar-refractivity contribution is 4.60. The van der Waals surface area contributed by atoms with Crippen LogP contribution in [-0.4, -0.2) is 17.7 Å². The molecule has 1 heterocycles. The van der Waals surface area contributed by atoms with Crippen molar-refractivity contribution in [3.8, 4) is 0 Å². The van der Waals surface area contributed by atoms with E-state index in [0.29, 0.717) is 0 Å². The first-order valence-electron chi connectivity index (χ1n) is 1.53. The van der Waals surface area contributed by atoms with E-state index in [0.717, 1.165) is 0 Å². The van der Waals surface area contributed by atoms with E-state index in [4.69, 9.17) is 5.11 Å². The van der Waals surface area contributed by atoms with Gasteiger partial charge < -0.3 is 9.84 Å². The highest BCUT2D eigenvalue weighted by Crippen LogP contribution is 2.16. The van der Waals surface area contributed by atoms with Gasteiger partial charge in [-0.05, 0) is 0 Å². The van der Waals surface area contributed by atoms with Crippen LogP contribution in [0.15, 0.2) is 0 Å². The van der Waals surface area contributed by atoms with Crippen LogP contribution in [0.4, 0.5) is 0 Å². The second kappa shape index (κ2) is 1.16. The summed E-state index contributed by atoms with van der Waals surface area (Å²) in [7, 11) is 0. The van der Waals surface area contributed by atoms with E-state index in [-0.39, 0.29) is 0 Å². The van der Waals surface area contributed by atoms with Crippen LogP contribution in [0.1, 0.15) is 0 Å². The second-order valence-corrected chi connectivity index (χ2v) is 1.03. The van der Waals surface area contributed by atoms with E-state index < -0.39 is 12.6 Å². The van der Waals surface area contributed by atoms with Crippen LogP contribution in [0.25, 0.3) is 0 Å². The molecule has 1 saturated heterocycles. The Morgan fingerprint density at radius 2 is 2.33 bits per heavy atom. The van der Waals surface area contributed by atoms with Crippen molar-refractivity contribution in [3.63, 3.8) is 0 Å². The number of epoxide rings is 1. The van der Waals surface area contributed by atoms with Crippen molar-refractivity contribution in [1.82, 2.24) is 0 Å². The molecule has 0 aromatic carbocycles. The summed E-state index contributed by atoms with van der Waals surface area (Å²) in [6.07, 6.45) is -1.35. The Kier molecular flexibility index (Phi) is 0.776. The first-order chi connectivity index (χ1) is 2.84. The smallest absolute Gasteiger partial charge is 0.230 e. The van der Waals surface area contributed by atoms with Crippen molar-refractivity contribution < 1.29 is 14.7 Å². The Morgan fingerprint density at radius 3 is 2.33 bits per heavy atom. The van der Waals surface area contributed by atoms with Gasteiger partial charge in [0.2, 0.25) is 12.6 Å². The van der Waals surface area contributed by atoms with E-state index in [1.165, 1.54) is 0 Å². The number of rotatable bonds is 1. The van der Waals surface area contributed by atoms with Crippen molar-refractivity contribution in [2.75, 3.05) is 0 Å². The summed E-state index contributed by atoms with van der Waals surface area (Å²) in [5.74, 6) is 4.54. The Bertz CT molecular complexity index is 54.8. The molecule has 0 bridgehead atoms. The van der Waals surface area contributed by atoms with Gasteiger partial charge in [0.05, 0.1) is 0 Å². The molecule has 2 atom stereocenters. The van der Waals surface area contributed by atoms with Gasteiger partial charge in [-0.15, -0.1) is 0 Å². The summed E-state index contributed by atoms with van der Waals surface area (Å²) in [6, 6.07) is 0. The third-order valence-electron chi connectivity index (χ3n) is 0.564. The van der Waals surface area contributed by atoms with Gasteiger partial charge in [-0.25, -0.2) is 5.90 Å². The molecule has 1 rings (SSSR count). The van der Waals surface area contributed by atoms with Crippen molar-refractivity contribution in [2.45, 2.75) is 12.6 Å². The maximum Gasteiger partial charge on any atom is 0.230 e. The summed E-state index contributed by atoms with van der Waals surface area (Å²) < 4.78 is 4.27. The molecule has 0 aromatic heterocycles. The summed E-state index contributed by atoms with van der Waals surface area (Å²) in [4.78, 5) is 4.00. The monoisotopic (exact) mass is 91.0 g/mol. The lowest BCUT2D eigenvalue weighted by molar-refractivity contribution is 0.0500. The number of nitrogens with two attached hydrogens (primary N) is 1. The fourth-order valence-electron chi connectivity index (χ4n) is 0.191. The molecule has 0 radical (unpaired) electrons. The average molecular weight is 91.1 g/mol. The fraction of sp³-hybridized carbons (Fsp3) is 1.00. The molecule has 4 nitrogen and oxygen atoms in total. The predicted octanol–water partition coefficient (Wildman–Crippen LogP) is -1.45. The summed E-state index contributed by atoms with van der Waals surface area (Å²) in [5.41, 5.74) is 0. The molecule has 0 aliphatic carbocycles. The van der Waals surface area contributed by atoms with Gasteiger partial charge in [0, 0.05) is 0 Å². The number of hydrogen-bond donors (Lipinski definition) is 2. The molecule has 1 aliphatic heterocycles. The molecule has 6 heavy (non-hydrogen) atoms. The third kappa shape index (κ3) is 0.504. The normalized spacial score (nSPS) is 43.0. The zero-order valence-corrected chi connectivity index (χ0v) is 3.00. The van der Waals surface area contributed by atoms with E-state index in [1.54, 1.807) is 0 Å². The molecular formula is C2H5NO3. The molecule has 0 spiro atoms. The van der Waals surface area contributed by atoms with Crippen LogP contribution >= 0.6 is 0 Å². The molecule has 0 amide bonds. The minimum Gasteiger partial charge on any atom is -0.364 e. The summed E-state index contributed by atoms with van der Waals surface area (Å²) >= 11 is 0. The van der Waals surface area contributed by atoms with Gasteiger partial charge in [0.1, 0.15) is 0 Å². The molecule has 0 saturated carbocycles. The Labute approximate surface area is 34.4 Å². The van der Waals surface area contributed by atoms with Gasteiger partial charge in [-0.1, -0.05) is 0 Å². The number of hydrogen-bond acceptors (Lipinski definition) is 4. The maximum absolute atomic E-state index is 8.20. The molecule has 36 valence electrons. The molecule has 1 aliphatic rings. The standard InChI is InChI=1S/C2H5NO3/c3-6-2-1(4)5-2/h1-2,4H,3H2. The number of aliphatic hydroxyl groups excluding tert-OH is 1. The lowest BCUT2D eigenvalue weighted by Gasteiger charge is -1.77. The Morgan fingerprint density at radius 1 is 1.83 bits per heavy atom. The second-order valence-electron chi connectivity index (χ2n) is 1.03. The van der Waals surface area contributed by atoms with Gasteiger partial charge in [0.25, 0.3) is 0 Å². The predicted molar refractivity (Wildman–Crippen MR) is 16.2 cm³/mol. The summed E-state index contributed by atoms with van der Waals surface area (Å²) in [6.45, 7) is 0. The van der Waals surface area contributed by atoms with Crippen LogP contribution < -0.4 is 5.90 Å². The minimum absolute atomic E-state index is 0.565. The van der Waals surface area contributed by atoms with Crippen molar-refractivity contribution in [3.05, 3.63) is 0 Å². The first kappa shape index (κ1) is 4.01. The summed E-state index contributed by atoms with van der Waals surface area (Å²) in [5, 5.41) is 8.20. The van der Waals surface area contributed by atoms with Crippen LogP contribution in [0.2, 0.25) is 0 Å². The molecular weight excluding hydrogens is 86.0 g/mol. The molecule has 0 aromatic rings. The van der Waals surface area contributed by atoms with Crippen LogP contribution in [0.3, 0.4) is 0 Å². The zero-order chi connectivity index (χ0) is 4.57. The number of ether oxygens (including phenoxy) is 1. The maximum atomic E-state index is 8.20. The Balaban J connectivity index is 2.09. The lowest BCUT2D eigenvalue weighted by Crippen LogP contribution is -2.04. The molecule has 3 N–H and O–H groups in total. The van der Waals surface area contributed by atoms with Gasteiger partial charge in [-0.2, -0.15) is 0 Å². The van der Waals surface area contributed by atoms with E-state index in [9.17, 15) is 0 Å². The van der Waals surface area contributed by atoms with Crippen LogP contribution in [0.5, 0.6) is 0 Å². The van der Waals surface area contributed by atoms with Crippen LogP contribution in [-0.2, 0) is 9.57 Å². The zero-order valence-electron chi connectivity index (χ0n) is 3.00. The first-order valence-corrected chi connectivity index (χ1v) is 1.53. The average Bonchev–Trinajstić information content (AvgIpc) is 2.19. The fourth-order valence-corrected chi connectivity index (χ4v) is 0.191. The minimum atomic E-state index is -0.782.